The molecule has 3 heterocycles. The number of furan rings is 1. The number of hydrogen-bond acceptors (Lipinski definition) is 8. The summed E-state index contributed by atoms with van der Waals surface area (Å²) in [6, 6.07) is 11.8. The van der Waals surface area contributed by atoms with Crippen LogP contribution in [0.15, 0.2) is 52.2 Å². The summed E-state index contributed by atoms with van der Waals surface area (Å²) >= 11 is 0.999. The fourth-order valence-electron chi connectivity index (χ4n) is 3.20. The van der Waals surface area contributed by atoms with Gasteiger partial charge in [0.2, 0.25) is 5.71 Å². The molecule has 0 fully saturated rings. The molecule has 4 aromatic rings. The van der Waals surface area contributed by atoms with Gasteiger partial charge in [-0.25, -0.2) is 15.0 Å². The number of ketones is 1. The maximum absolute atomic E-state index is 12.2. The molecule has 152 valence electrons. The van der Waals surface area contributed by atoms with Crippen molar-refractivity contribution in [3.63, 3.8) is 0 Å². The Balaban J connectivity index is 1.83. The molecule has 4 rings (SSSR count). The summed E-state index contributed by atoms with van der Waals surface area (Å²) < 4.78 is 11.1. The summed E-state index contributed by atoms with van der Waals surface area (Å²) in [6.07, 6.45) is 1.40. The molecule has 1 aromatic carbocycles. The van der Waals surface area contributed by atoms with Crippen LogP contribution in [0, 0.1) is 6.92 Å². The quantitative estimate of drug-likeness (QED) is 0.196. The summed E-state index contributed by atoms with van der Waals surface area (Å²) in [5.41, 5.74) is 4.15. The van der Waals surface area contributed by atoms with Crippen molar-refractivity contribution in [2.75, 3.05) is 6.61 Å². The second-order valence-corrected chi connectivity index (χ2v) is 7.78. The van der Waals surface area contributed by atoms with Gasteiger partial charge in [0.25, 0.3) is 0 Å². The standard InChI is InChI=1S/C22H19N3O4S/c1-4-28-22(27)19(13(3)26)30-21-18-17(23-11-24-21)16-12(2)10-15(25-20(16)29-18)14-8-6-5-7-9-14/h5-11,19H,4H2,1-3H3/t19-/m0/s1. The van der Waals surface area contributed by atoms with Crippen LogP contribution in [-0.2, 0) is 14.3 Å². The van der Waals surface area contributed by atoms with Crippen LogP contribution in [-0.4, -0.2) is 38.6 Å². The number of thioether (sulfide) groups is 1. The first-order chi connectivity index (χ1) is 14.5. The Morgan fingerprint density at radius 3 is 2.67 bits per heavy atom. The molecule has 0 aliphatic carbocycles. The van der Waals surface area contributed by atoms with E-state index in [4.69, 9.17) is 9.15 Å². The number of hydrogen-bond donors (Lipinski definition) is 0. The first-order valence-corrected chi connectivity index (χ1v) is 10.3. The number of aromatic nitrogens is 3. The van der Waals surface area contributed by atoms with Gasteiger partial charge in [-0.05, 0) is 32.4 Å². The van der Waals surface area contributed by atoms with Gasteiger partial charge in [-0.15, -0.1) is 0 Å². The molecule has 0 saturated carbocycles. The first-order valence-electron chi connectivity index (χ1n) is 9.43. The van der Waals surface area contributed by atoms with Crippen molar-refractivity contribution in [3.05, 3.63) is 48.3 Å². The number of benzene rings is 1. The molecule has 0 spiro atoms. The molecule has 0 saturated heterocycles. The highest BCUT2D eigenvalue weighted by Crippen LogP contribution is 2.36. The van der Waals surface area contributed by atoms with E-state index in [1.807, 2.05) is 43.3 Å². The van der Waals surface area contributed by atoms with Crippen molar-refractivity contribution in [3.8, 4) is 11.3 Å². The SMILES string of the molecule is CCOC(=O)[C@@H](Sc1ncnc2c1oc1nc(-c3ccccc3)cc(C)c12)C(C)=O. The number of carbonyl (C=O) groups excluding carboxylic acids is 2. The van der Waals surface area contributed by atoms with E-state index in [-0.39, 0.29) is 12.4 Å². The van der Waals surface area contributed by atoms with Crippen molar-refractivity contribution in [1.82, 2.24) is 15.0 Å². The van der Waals surface area contributed by atoms with Gasteiger partial charge in [-0.1, -0.05) is 42.1 Å². The van der Waals surface area contributed by atoms with Crippen LogP contribution in [0.4, 0.5) is 0 Å². The lowest BCUT2D eigenvalue weighted by Crippen LogP contribution is -2.27. The second kappa shape index (κ2) is 8.23. The molecule has 3 aromatic heterocycles. The zero-order chi connectivity index (χ0) is 21.3. The third kappa shape index (κ3) is 3.66. The minimum absolute atomic E-state index is 0.193. The minimum atomic E-state index is -1.02. The molecular weight excluding hydrogens is 402 g/mol. The highest BCUT2D eigenvalue weighted by atomic mass is 32.2. The van der Waals surface area contributed by atoms with E-state index in [0.29, 0.717) is 21.8 Å². The van der Waals surface area contributed by atoms with Crippen LogP contribution in [0.5, 0.6) is 0 Å². The number of aryl methyl sites for hydroxylation is 1. The second-order valence-electron chi connectivity index (χ2n) is 6.69. The molecule has 0 aliphatic rings. The van der Waals surface area contributed by atoms with Crippen LogP contribution < -0.4 is 0 Å². The first kappa shape index (κ1) is 20.0. The molecular formula is C22H19N3O4S. The number of fused-ring (bicyclic) bond motifs is 3. The fraction of sp³-hybridized carbons (Fsp3) is 0.227. The Morgan fingerprint density at radius 1 is 1.20 bits per heavy atom. The average Bonchev–Trinajstić information content (AvgIpc) is 3.12. The molecule has 0 N–H and O–H groups in total. The lowest BCUT2D eigenvalue weighted by atomic mass is 10.1. The maximum Gasteiger partial charge on any atom is 0.327 e. The van der Waals surface area contributed by atoms with Gasteiger partial charge >= 0.3 is 5.97 Å². The van der Waals surface area contributed by atoms with Crippen LogP contribution in [0.2, 0.25) is 0 Å². The Kier molecular flexibility index (Phi) is 5.50. The molecule has 0 amide bonds. The Morgan fingerprint density at radius 2 is 1.97 bits per heavy atom. The molecule has 1 atom stereocenters. The summed E-state index contributed by atoms with van der Waals surface area (Å²) in [6.45, 7) is 5.21. The molecule has 7 nitrogen and oxygen atoms in total. The number of Topliss-reactive ketones (excluding diaryl/α,β-unsaturated/α-hetero) is 1. The molecule has 0 unspecified atom stereocenters. The van der Waals surface area contributed by atoms with Crippen molar-refractivity contribution < 1.29 is 18.7 Å². The third-order valence-electron chi connectivity index (χ3n) is 4.56. The lowest BCUT2D eigenvalue weighted by molar-refractivity contribution is -0.144. The van der Waals surface area contributed by atoms with Gasteiger partial charge in [0.15, 0.2) is 16.6 Å². The van der Waals surface area contributed by atoms with Gasteiger partial charge in [-0.2, -0.15) is 0 Å². The van der Waals surface area contributed by atoms with Crippen LogP contribution >= 0.6 is 11.8 Å². The van der Waals surface area contributed by atoms with E-state index in [9.17, 15) is 9.59 Å². The number of ether oxygens (including phenoxy) is 1. The van der Waals surface area contributed by atoms with Crippen LogP contribution in [0.3, 0.4) is 0 Å². The smallest absolute Gasteiger partial charge is 0.327 e. The van der Waals surface area contributed by atoms with Gasteiger partial charge in [0.05, 0.1) is 17.7 Å². The van der Waals surface area contributed by atoms with E-state index in [2.05, 4.69) is 15.0 Å². The van der Waals surface area contributed by atoms with Crippen molar-refractivity contribution in [2.45, 2.75) is 31.0 Å². The zero-order valence-corrected chi connectivity index (χ0v) is 17.5. The molecule has 0 aliphatic heterocycles. The van der Waals surface area contributed by atoms with Gasteiger partial charge in [0.1, 0.15) is 16.9 Å². The van der Waals surface area contributed by atoms with E-state index in [1.54, 1.807) is 6.92 Å². The lowest BCUT2D eigenvalue weighted by Gasteiger charge is -2.11. The summed E-state index contributed by atoms with van der Waals surface area (Å²) in [4.78, 5) is 37.5. The van der Waals surface area contributed by atoms with Crippen molar-refractivity contribution in [1.29, 1.82) is 0 Å². The van der Waals surface area contributed by atoms with Crippen molar-refractivity contribution >= 4 is 45.7 Å². The maximum atomic E-state index is 12.2. The predicted octanol–water partition coefficient (Wildman–Crippen LogP) is 4.36. The predicted molar refractivity (Wildman–Crippen MR) is 114 cm³/mol. The van der Waals surface area contributed by atoms with Gasteiger partial charge in [-0.3, -0.25) is 9.59 Å². The number of pyridine rings is 1. The highest BCUT2D eigenvalue weighted by molar-refractivity contribution is 8.01. The molecule has 0 radical (unpaired) electrons. The van der Waals surface area contributed by atoms with Crippen LogP contribution in [0.1, 0.15) is 19.4 Å². The number of esters is 1. The number of rotatable bonds is 6. The zero-order valence-electron chi connectivity index (χ0n) is 16.7. The van der Waals surface area contributed by atoms with E-state index < -0.39 is 11.2 Å². The number of nitrogens with zero attached hydrogens (tertiary/aromatic N) is 3. The average molecular weight is 421 g/mol. The highest BCUT2D eigenvalue weighted by Gasteiger charge is 2.29. The summed E-state index contributed by atoms with van der Waals surface area (Å²) in [7, 11) is 0. The summed E-state index contributed by atoms with van der Waals surface area (Å²) in [5, 5.41) is 0.154. The monoisotopic (exact) mass is 421 g/mol. The van der Waals surface area contributed by atoms with E-state index >= 15 is 0 Å². The van der Waals surface area contributed by atoms with Gasteiger partial charge < -0.3 is 9.15 Å². The third-order valence-corrected chi connectivity index (χ3v) is 5.83. The Labute approximate surface area is 176 Å². The normalized spacial score (nSPS) is 12.2. The van der Waals surface area contributed by atoms with Crippen molar-refractivity contribution in [2.24, 2.45) is 0 Å². The van der Waals surface area contributed by atoms with E-state index in [1.165, 1.54) is 13.3 Å². The summed E-state index contributed by atoms with van der Waals surface area (Å²) in [5.74, 6) is -0.916. The Hall–Kier alpha value is -3.26. The Bertz CT molecular complexity index is 1250. The number of carbonyl (C=O) groups is 2. The largest absolute Gasteiger partial charge is 0.465 e. The molecule has 8 heteroatoms. The molecule has 30 heavy (non-hydrogen) atoms. The molecule has 0 bridgehead atoms. The minimum Gasteiger partial charge on any atom is -0.465 e. The van der Waals surface area contributed by atoms with E-state index in [0.717, 1.165) is 34.0 Å². The fourth-order valence-corrected chi connectivity index (χ4v) is 4.10. The van der Waals surface area contributed by atoms with Crippen LogP contribution in [0.25, 0.3) is 33.5 Å². The van der Waals surface area contributed by atoms with Gasteiger partial charge in [0, 0.05) is 5.56 Å². The topological polar surface area (TPSA) is 95.2 Å².